The van der Waals surface area contributed by atoms with Gasteiger partial charge in [0.05, 0.1) is 5.69 Å². The summed E-state index contributed by atoms with van der Waals surface area (Å²) in [6.45, 7) is 6.33. The van der Waals surface area contributed by atoms with E-state index in [-0.39, 0.29) is 5.41 Å². The highest BCUT2D eigenvalue weighted by atomic mass is 35.5. The van der Waals surface area contributed by atoms with Crippen LogP contribution < -0.4 is 0 Å². The molecule has 0 fully saturated rings. The Kier molecular flexibility index (Phi) is 3.51. The topological polar surface area (TPSA) is 12.4 Å². The molecule has 0 unspecified atom stereocenters. The minimum absolute atomic E-state index is 0.121. The molecule has 1 rings (SSSR count). The summed E-state index contributed by atoms with van der Waals surface area (Å²) >= 11 is 5.75. The second kappa shape index (κ2) is 4.45. The fourth-order valence-electron chi connectivity index (χ4n) is 0.816. The lowest BCUT2D eigenvalue weighted by Gasteiger charge is -2.07. The van der Waals surface area contributed by atoms with E-state index < -0.39 is 0 Å². The van der Waals surface area contributed by atoms with Crippen molar-refractivity contribution in [1.82, 2.24) is 0 Å². The number of rotatable bonds is 1. The average Bonchev–Trinajstić information content (AvgIpc) is 2.06. The van der Waals surface area contributed by atoms with Gasteiger partial charge in [0.2, 0.25) is 0 Å². The van der Waals surface area contributed by atoms with Crippen LogP contribution in [0, 0.1) is 5.41 Å². The highest BCUT2D eigenvalue weighted by molar-refractivity contribution is 6.30. The van der Waals surface area contributed by atoms with Crippen molar-refractivity contribution in [2.45, 2.75) is 20.8 Å². The van der Waals surface area contributed by atoms with Crippen LogP contribution in [0.15, 0.2) is 35.3 Å². The molecule has 1 aromatic rings. The fraction of sp³-hybridized carbons (Fsp3) is 0.333. The Hall–Kier alpha value is -1.04. The molecule has 0 spiro atoms. The van der Waals surface area contributed by atoms with Gasteiger partial charge in [0.15, 0.2) is 0 Å². The molecule has 0 atom stereocenters. The Morgan fingerprint density at radius 1 is 1.21 bits per heavy atom. The molecule has 0 amide bonds. The molecule has 0 aliphatic rings. The van der Waals surface area contributed by atoms with E-state index in [2.05, 4.69) is 31.6 Å². The van der Waals surface area contributed by atoms with Crippen LogP contribution >= 0.6 is 11.6 Å². The van der Waals surface area contributed by atoms with Gasteiger partial charge in [0, 0.05) is 5.02 Å². The first-order chi connectivity index (χ1) is 6.47. The average molecular weight is 208 g/mol. The second-order valence-corrected chi connectivity index (χ2v) is 4.66. The molecule has 0 N–H and O–H groups in total. The molecule has 0 aromatic heterocycles. The Morgan fingerprint density at radius 2 is 1.79 bits per heavy atom. The monoisotopic (exact) mass is 207 g/mol. The summed E-state index contributed by atoms with van der Waals surface area (Å²) in [4.78, 5) is 4.17. The molecule has 74 valence electrons. The number of allylic oxidation sites excluding steroid dienone is 1. The van der Waals surface area contributed by atoms with Crippen molar-refractivity contribution in [2.24, 2.45) is 10.4 Å². The number of benzene rings is 1. The first-order valence-corrected chi connectivity index (χ1v) is 4.91. The van der Waals surface area contributed by atoms with Gasteiger partial charge in [-0.05, 0) is 41.6 Å². The van der Waals surface area contributed by atoms with Crippen molar-refractivity contribution in [3.63, 3.8) is 0 Å². The highest BCUT2D eigenvalue weighted by Crippen LogP contribution is 2.16. The van der Waals surface area contributed by atoms with Crippen LogP contribution in [0.5, 0.6) is 0 Å². The maximum absolute atomic E-state index is 5.75. The molecule has 0 aliphatic carbocycles. The third-order valence-corrected chi connectivity index (χ3v) is 1.77. The van der Waals surface area contributed by atoms with Gasteiger partial charge >= 0.3 is 0 Å². The van der Waals surface area contributed by atoms with Crippen molar-refractivity contribution in [3.8, 4) is 0 Å². The molecule has 0 bridgehead atoms. The molecule has 14 heavy (non-hydrogen) atoms. The summed E-state index contributed by atoms with van der Waals surface area (Å²) in [5.74, 6) is 2.92. The maximum Gasteiger partial charge on any atom is 0.0730 e. The molecular formula is C12H14ClN. The third kappa shape index (κ3) is 4.27. The van der Waals surface area contributed by atoms with E-state index in [0.29, 0.717) is 0 Å². The summed E-state index contributed by atoms with van der Waals surface area (Å²) < 4.78 is 0. The number of halogens is 1. The van der Waals surface area contributed by atoms with E-state index >= 15 is 0 Å². The lowest BCUT2D eigenvalue weighted by Crippen LogP contribution is -1.98. The fourth-order valence-corrected chi connectivity index (χ4v) is 0.942. The molecule has 1 aromatic carbocycles. The standard InChI is InChI=1S/C12H14ClN/c1-12(2,3)8-9-14-11-6-4-10(13)5-7-11/h4-8H,1-3H3. The zero-order valence-electron chi connectivity index (χ0n) is 8.71. The molecule has 1 nitrogen and oxygen atoms in total. The summed E-state index contributed by atoms with van der Waals surface area (Å²) in [6, 6.07) is 7.37. The smallest absolute Gasteiger partial charge is 0.0730 e. The van der Waals surface area contributed by atoms with Gasteiger partial charge in [-0.1, -0.05) is 32.4 Å². The van der Waals surface area contributed by atoms with E-state index in [1.54, 1.807) is 0 Å². The normalized spacial score (nSPS) is 10.6. The number of hydrogen-bond acceptors (Lipinski definition) is 1. The van der Waals surface area contributed by atoms with E-state index in [9.17, 15) is 0 Å². The third-order valence-electron chi connectivity index (χ3n) is 1.52. The zero-order chi connectivity index (χ0) is 10.6. The predicted molar refractivity (Wildman–Crippen MR) is 62.6 cm³/mol. The largest absolute Gasteiger partial charge is 0.207 e. The Morgan fingerprint density at radius 3 is 2.29 bits per heavy atom. The molecule has 0 saturated carbocycles. The summed E-state index contributed by atoms with van der Waals surface area (Å²) in [5, 5.41) is 0.726. The maximum atomic E-state index is 5.75. The van der Waals surface area contributed by atoms with E-state index in [0.717, 1.165) is 10.7 Å². The summed E-state index contributed by atoms with van der Waals surface area (Å²) in [6.07, 6.45) is 1.95. The van der Waals surface area contributed by atoms with E-state index in [1.807, 2.05) is 30.3 Å². The minimum atomic E-state index is 0.121. The SMILES string of the molecule is CC(C)(C)C=C=Nc1ccc(Cl)cc1. The lowest BCUT2D eigenvalue weighted by atomic mass is 9.98. The van der Waals surface area contributed by atoms with Crippen molar-refractivity contribution >= 4 is 23.2 Å². The summed E-state index contributed by atoms with van der Waals surface area (Å²) in [5.41, 5.74) is 0.991. The van der Waals surface area contributed by atoms with E-state index in [4.69, 9.17) is 11.6 Å². The highest BCUT2D eigenvalue weighted by Gasteiger charge is 2.02. The van der Waals surface area contributed by atoms with Crippen LogP contribution in [0.3, 0.4) is 0 Å². The van der Waals surface area contributed by atoms with Gasteiger partial charge in [0.1, 0.15) is 0 Å². The van der Waals surface area contributed by atoms with Gasteiger partial charge in [0.25, 0.3) is 0 Å². The van der Waals surface area contributed by atoms with Crippen LogP contribution in [0.1, 0.15) is 20.8 Å². The Balaban J connectivity index is 2.79. The molecule has 0 heterocycles. The number of aliphatic imine (C=N–C) groups is 1. The molecule has 0 saturated heterocycles. The van der Waals surface area contributed by atoms with Crippen molar-refractivity contribution in [2.75, 3.05) is 0 Å². The molecule has 0 radical (unpaired) electrons. The molecule has 0 aliphatic heterocycles. The Labute approximate surface area is 90.1 Å². The van der Waals surface area contributed by atoms with Crippen LogP contribution in [0.2, 0.25) is 5.02 Å². The van der Waals surface area contributed by atoms with Gasteiger partial charge < -0.3 is 0 Å². The number of hydrogen-bond donors (Lipinski definition) is 0. The zero-order valence-corrected chi connectivity index (χ0v) is 9.47. The van der Waals surface area contributed by atoms with Gasteiger partial charge in [-0.3, -0.25) is 0 Å². The van der Waals surface area contributed by atoms with Gasteiger partial charge in [-0.15, -0.1) is 0 Å². The van der Waals surface area contributed by atoms with Crippen molar-refractivity contribution < 1.29 is 0 Å². The van der Waals surface area contributed by atoms with Crippen LogP contribution in [-0.2, 0) is 0 Å². The Bertz CT molecular complexity index is 351. The lowest BCUT2D eigenvalue weighted by molar-refractivity contribution is 0.549. The van der Waals surface area contributed by atoms with Gasteiger partial charge in [-0.25, -0.2) is 4.99 Å². The van der Waals surface area contributed by atoms with Crippen LogP contribution in [-0.4, -0.2) is 5.87 Å². The van der Waals surface area contributed by atoms with Crippen LogP contribution in [0.25, 0.3) is 0 Å². The first kappa shape index (κ1) is 11.0. The summed E-state index contributed by atoms with van der Waals surface area (Å²) in [7, 11) is 0. The van der Waals surface area contributed by atoms with Crippen molar-refractivity contribution in [3.05, 3.63) is 35.4 Å². The van der Waals surface area contributed by atoms with Crippen LogP contribution in [0.4, 0.5) is 5.69 Å². The predicted octanol–water partition coefficient (Wildman–Crippen LogP) is 4.24. The molecular weight excluding hydrogens is 194 g/mol. The number of nitrogens with zero attached hydrogens (tertiary/aromatic N) is 1. The quantitative estimate of drug-likeness (QED) is 0.611. The van der Waals surface area contributed by atoms with E-state index in [1.165, 1.54) is 0 Å². The second-order valence-electron chi connectivity index (χ2n) is 4.23. The van der Waals surface area contributed by atoms with Crippen molar-refractivity contribution in [1.29, 1.82) is 0 Å². The molecule has 2 heteroatoms. The van der Waals surface area contributed by atoms with Gasteiger partial charge in [-0.2, -0.15) is 0 Å². The minimum Gasteiger partial charge on any atom is -0.207 e. The first-order valence-electron chi connectivity index (χ1n) is 4.53.